The summed E-state index contributed by atoms with van der Waals surface area (Å²) in [5.41, 5.74) is 2.96. The fraction of sp³-hybridized carbons (Fsp3) is 0.118. The van der Waals surface area contributed by atoms with Crippen molar-refractivity contribution in [3.05, 3.63) is 54.1 Å². The number of carbonyl (C=O) groups excluding carboxylic acids is 1. The van der Waals surface area contributed by atoms with Crippen molar-refractivity contribution in [3.63, 3.8) is 0 Å². The molecule has 0 spiro atoms. The molecule has 0 unspecified atom stereocenters. The van der Waals surface area contributed by atoms with Gasteiger partial charge in [0, 0.05) is 12.1 Å². The summed E-state index contributed by atoms with van der Waals surface area (Å²) in [6.07, 6.45) is 2.76. The van der Waals surface area contributed by atoms with E-state index in [1.807, 2.05) is 5.43 Å². The number of anilines is 1. The van der Waals surface area contributed by atoms with Crippen LogP contribution in [0.2, 0.25) is 0 Å². The first-order valence-electron chi connectivity index (χ1n) is 7.43. The molecule has 0 atom stereocenters. The van der Waals surface area contributed by atoms with Crippen LogP contribution in [0.3, 0.4) is 0 Å². The summed E-state index contributed by atoms with van der Waals surface area (Å²) >= 11 is 0. The molecule has 0 aliphatic carbocycles. The molecule has 2 rings (SSSR count). The van der Waals surface area contributed by atoms with Crippen LogP contribution in [0.1, 0.15) is 5.56 Å². The second kappa shape index (κ2) is 8.37. The van der Waals surface area contributed by atoms with Crippen LogP contribution in [0.4, 0.5) is 5.69 Å². The van der Waals surface area contributed by atoms with Crippen molar-refractivity contribution in [1.29, 1.82) is 0 Å². The highest BCUT2D eigenvalue weighted by Crippen LogP contribution is 2.30. The van der Waals surface area contributed by atoms with Gasteiger partial charge in [-0.25, -0.2) is 14.3 Å². The number of carbonyl (C=O) groups is 1. The Hall–Kier alpha value is -3.04. The first-order valence-corrected chi connectivity index (χ1v) is 8.91. The van der Waals surface area contributed by atoms with Gasteiger partial charge in [0.25, 0.3) is 15.9 Å². The quantitative estimate of drug-likeness (QED) is 0.291. The number of hydrazine groups is 1. The average Bonchev–Trinajstić information content (AvgIpc) is 2.65. The number of ether oxygens (including phenoxy) is 2. The summed E-state index contributed by atoms with van der Waals surface area (Å²) in [7, 11) is -0.820. The van der Waals surface area contributed by atoms with E-state index in [0.29, 0.717) is 22.7 Å². The Morgan fingerprint density at radius 2 is 1.69 bits per heavy atom. The molecule has 0 aliphatic heterocycles. The van der Waals surface area contributed by atoms with Crippen molar-refractivity contribution in [1.82, 2.24) is 5.43 Å². The zero-order chi connectivity index (χ0) is 19.2. The van der Waals surface area contributed by atoms with Crippen molar-refractivity contribution in [2.24, 2.45) is 5.84 Å². The van der Waals surface area contributed by atoms with E-state index in [2.05, 4.69) is 4.72 Å². The van der Waals surface area contributed by atoms with Gasteiger partial charge in [-0.15, -0.1) is 0 Å². The van der Waals surface area contributed by atoms with Gasteiger partial charge in [0.15, 0.2) is 11.5 Å². The molecular weight excluding hydrogens is 358 g/mol. The second-order valence-corrected chi connectivity index (χ2v) is 6.77. The van der Waals surface area contributed by atoms with Gasteiger partial charge in [-0.1, -0.05) is 12.1 Å². The standard InChI is InChI=1S/C17H19N3O5S/c1-24-15-9-6-13(11-16(15)25-2)20-26(22,23)14-7-3-12(4-8-14)5-10-17(21)19-18/h3-11,20H,18H2,1-2H3,(H,19,21)/b10-5+. The summed E-state index contributed by atoms with van der Waals surface area (Å²) in [6.45, 7) is 0. The maximum atomic E-state index is 12.5. The van der Waals surface area contributed by atoms with Crippen LogP contribution in [0.5, 0.6) is 11.5 Å². The maximum Gasteiger partial charge on any atom is 0.261 e. The van der Waals surface area contributed by atoms with Gasteiger partial charge in [0.05, 0.1) is 24.8 Å². The monoisotopic (exact) mass is 377 g/mol. The number of sulfonamides is 1. The molecule has 9 heteroatoms. The van der Waals surface area contributed by atoms with E-state index in [-0.39, 0.29) is 4.90 Å². The van der Waals surface area contributed by atoms with Crippen LogP contribution in [-0.2, 0) is 14.8 Å². The molecular formula is C17H19N3O5S. The Bertz CT molecular complexity index is 908. The van der Waals surface area contributed by atoms with Crippen LogP contribution in [0, 0.1) is 0 Å². The van der Waals surface area contributed by atoms with E-state index in [0.717, 1.165) is 0 Å². The predicted octanol–water partition coefficient (Wildman–Crippen LogP) is 1.51. The molecule has 2 aromatic rings. The van der Waals surface area contributed by atoms with Gasteiger partial charge in [-0.2, -0.15) is 0 Å². The lowest BCUT2D eigenvalue weighted by Crippen LogP contribution is -2.27. The van der Waals surface area contributed by atoms with Crippen LogP contribution in [0.15, 0.2) is 53.4 Å². The number of nitrogens with two attached hydrogens (primary N) is 1. The molecule has 0 aromatic heterocycles. The molecule has 0 saturated heterocycles. The summed E-state index contributed by atoms with van der Waals surface area (Å²) in [4.78, 5) is 11.1. The molecule has 4 N–H and O–H groups in total. The average molecular weight is 377 g/mol. The zero-order valence-corrected chi connectivity index (χ0v) is 15.0. The summed E-state index contributed by atoms with van der Waals surface area (Å²) < 4.78 is 37.8. The Labute approximate surface area is 151 Å². The van der Waals surface area contributed by atoms with Crippen molar-refractivity contribution in [2.75, 3.05) is 18.9 Å². The highest BCUT2D eigenvalue weighted by atomic mass is 32.2. The molecule has 1 amide bonds. The van der Waals surface area contributed by atoms with Gasteiger partial charge >= 0.3 is 0 Å². The third kappa shape index (κ3) is 4.74. The number of methoxy groups -OCH3 is 2. The van der Waals surface area contributed by atoms with E-state index in [4.69, 9.17) is 15.3 Å². The Morgan fingerprint density at radius 1 is 1.04 bits per heavy atom. The van der Waals surface area contributed by atoms with Crippen LogP contribution in [0.25, 0.3) is 6.08 Å². The van der Waals surface area contributed by atoms with E-state index in [1.165, 1.54) is 44.6 Å². The number of rotatable bonds is 7. The lowest BCUT2D eigenvalue weighted by Gasteiger charge is -2.12. The predicted molar refractivity (Wildman–Crippen MR) is 98.2 cm³/mol. The van der Waals surface area contributed by atoms with Gasteiger partial charge in [-0.05, 0) is 35.9 Å². The second-order valence-electron chi connectivity index (χ2n) is 5.09. The lowest BCUT2D eigenvalue weighted by molar-refractivity contribution is -0.116. The number of nitrogens with one attached hydrogen (secondary N) is 2. The molecule has 0 saturated carbocycles. The Kier molecular flexibility index (Phi) is 6.21. The van der Waals surface area contributed by atoms with Gasteiger partial charge in [0.2, 0.25) is 0 Å². The lowest BCUT2D eigenvalue weighted by atomic mass is 10.2. The summed E-state index contributed by atoms with van der Waals surface area (Å²) in [5.74, 6) is 5.42. The molecule has 8 nitrogen and oxygen atoms in total. The van der Waals surface area contributed by atoms with Crippen LogP contribution >= 0.6 is 0 Å². The number of amides is 1. The highest BCUT2D eigenvalue weighted by Gasteiger charge is 2.15. The molecule has 0 bridgehead atoms. The Balaban J connectivity index is 2.20. The van der Waals surface area contributed by atoms with E-state index >= 15 is 0 Å². The van der Waals surface area contributed by atoms with Crippen LogP contribution in [-0.4, -0.2) is 28.5 Å². The molecule has 0 aliphatic rings. The number of hydrogen-bond acceptors (Lipinski definition) is 6. The third-order valence-corrected chi connectivity index (χ3v) is 4.79. The largest absolute Gasteiger partial charge is 0.493 e. The van der Waals surface area contributed by atoms with Gasteiger partial charge in [-0.3, -0.25) is 14.9 Å². The number of benzene rings is 2. The van der Waals surface area contributed by atoms with Crippen molar-refractivity contribution < 1.29 is 22.7 Å². The van der Waals surface area contributed by atoms with Crippen LogP contribution < -0.4 is 25.5 Å². The molecule has 0 radical (unpaired) electrons. The zero-order valence-electron chi connectivity index (χ0n) is 14.2. The minimum atomic E-state index is -3.78. The van der Waals surface area contributed by atoms with Gasteiger partial charge in [0.1, 0.15) is 0 Å². The highest BCUT2D eigenvalue weighted by molar-refractivity contribution is 7.92. The Morgan fingerprint density at radius 3 is 2.27 bits per heavy atom. The van der Waals surface area contributed by atoms with E-state index in [1.54, 1.807) is 24.3 Å². The van der Waals surface area contributed by atoms with Gasteiger partial charge < -0.3 is 9.47 Å². The molecule has 138 valence electrons. The van der Waals surface area contributed by atoms with Crippen molar-refractivity contribution in [3.8, 4) is 11.5 Å². The minimum Gasteiger partial charge on any atom is -0.493 e. The normalized spacial score (nSPS) is 11.2. The topological polar surface area (TPSA) is 120 Å². The molecule has 0 heterocycles. The fourth-order valence-electron chi connectivity index (χ4n) is 2.09. The van der Waals surface area contributed by atoms with E-state index < -0.39 is 15.9 Å². The molecule has 2 aromatic carbocycles. The first kappa shape index (κ1) is 19.3. The third-order valence-electron chi connectivity index (χ3n) is 3.40. The fourth-order valence-corrected chi connectivity index (χ4v) is 3.14. The SMILES string of the molecule is COc1ccc(NS(=O)(=O)c2ccc(/C=C/C(=O)NN)cc2)cc1OC. The van der Waals surface area contributed by atoms with Crippen molar-refractivity contribution in [2.45, 2.75) is 4.90 Å². The summed E-state index contributed by atoms with van der Waals surface area (Å²) in [6, 6.07) is 10.7. The molecule has 0 fully saturated rings. The first-order chi connectivity index (χ1) is 12.4. The smallest absolute Gasteiger partial charge is 0.261 e. The van der Waals surface area contributed by atoms with Crippen molar-refractivity contribution >= 4 is 27.7 Å². The molecule has 26 heavy (non-hydrogen) atoms. The van der Waals surface area contributed by atoms with E-state index in [9.17, 15) is 13.2 Å². The summed E-state index contributed by atoms with van der Waals surface area (Å²) in [5, 5.41) is 0. The maximum absolute atomic E-state index is 12.5. The minimum absolute atomic E-state index is 0.0766. The number of hydrogen-bond donors (Lipinski definition) is 3.